The third kappa shape index (κ3) is 1.26. The minimum absolute atomic E-state index is 0.0676. The summed E-state index contributed by atoms with van der Waals surface area (Å²) in [6.07, 6.45) is 0.627. The van der Waals surface area contributed by atoms with Gasteiger partial charge in [-0.25, -0.2) is 0 Å². The number of amides is 1. The molecule has 1 aromatic rings. The fourth-order valence-corrected chi connectivity index (χ4v) is 2.01. The molecule has 4 nitrogen and oxygen atoms in total. The highest BCUT2D eigenvalue weighted by Crippen LogP contribution is 2.34. The fraction of sp³-hybridized carbons (Fsp3) is 0.250. The Kier molecular flexibility index (Phi) is 2.34. The van der Waals surface area contributed by atoms with E-state index in [0.29, 0.717) is 17.5 Å². The summed E-state index contributed by atoms with van der Waals surface area (Å²) in [4.78, 5) is 35.2. The van der Waals surface area contributed by atoms with Gasteiger partial charge in [0.15, 0.2) is 0 Å². The average Bonchev–Trinajstić information content (AvgIpc) is 2.50. The van der Waals surface area contributed by atoms with Gasteiger partial charge >= 0.3 is 0 Å². The molecule has 1 heterocycles. The lowest BCUT2D eigenvalue weighted by Crippen LogP contribution is -2.31. The lowest BCUT2D eigenvalue weighted by molar-refractivity contribution is -0.115. The minimum Gasteiger partial charge on any atom is -0.301 e. The van der Waals surface area contributed by atoms with Crippen LogP contribution in [0, 0.1) is 13.8 Å². The molecule has 1 amide bonds. The molecule has 0 saturated heterocycles. The van der Waals surface area contributed by atoms with Gasteiger partial charge in [0.25, 0.3) is 11.7 Å². The van der Waals surface area contributed by atoms with Crippen molar-refractivity contribution >= 4 is 23.7 Å². The molecule has 0 unspecified atom stereocenters. The maximum Gasteiger partial charge on any atom is 0.299 e. The van der Waals surface area contributed by atoms with Gasteiger partial charge in [-0.3, -0.25) is 14.5 Å². The van der Waals surface area contributed by atoms with Gasteiger partial charge in [0, 0.05) is 0 Å². The first-order valence-corrected chi connectivity index (χ1v) is 4.98. The van der Waals surface area contributed by atoms with E-state index in [4.69, 9.17) is 0 Å². The van der Waals surface area contributed by atoms with Crippen molar-refractivity contribution in [3.8, 4) is 0 Å². The van der Waals surface area contributed by atoms with E-state index in [1.54, 1.807) is 6.92 Å². The monoisotopic (exact) mass is 217 g/mol. The number of carbonyl (C=O) groups excluding carboxylic acids is 3. The molecule has 16 heavy (non-hydrogen) atoms. The van der Waals surface area contributed by atoms with Crippen molar-refractivity contribution in [2.75, 3.05) is 11.4 Å². The van der Waals surface area contributed by atoms with Crippen molar-refractivity contribution in [1.82, 2.24) is 0 Å². The second-order valence-corrected chi connectivity index (χ2v) is 3.83. The van der Waals surface area contributed by atoms with Gasteiger partial charge in [-0.05, 0) is 25.0 Å². The molecule has 0 fully saturated rings. The van der Waals surface area contributed by atoms with Crippen LogP contribution in [-0.2, 0) is 9.59 Å². The van der Waals surface area contributed by atoms with Crippen molar-refractivity contribution in [3.63, 3.8) is 0 Å². The molecule has 0 aromatic heterocycles. The summed E-state index contributed by atoms with van der Waals surface area (Å²) >= 11 is 0. The zero-order valence-corrected chi connectivity index (χ0v) is 9.11. The van der Waals surface area contributed by atoms with Crippen LogP contribution in [0.25, 0.3) is 0 Å². The molecular weight excluding hydrogens is 206 g/mol. The molecule has 1 aliphatic heterocycles. The molecule has 0 radical (unpaired) electrons. The number of aryl methyl sites for hydroxylation is 2. The molecule has 0 saturated carbocycles. The Morgan fingerprint density at radius 3 is 2.44 bits per heavy atom. The number of hydrogen-bond donors (Lipinski definition) is 0. The average molecular weight is 217 g/mol. The number of hydrogen-bond acceptors (Lipinski definition) is 3. The maximum atomic E-state index is 11.7. The van der Waals surface area contributed by atoms with Gasteiger partial charge in [0.05, 0.1) is 17.8 Å². The lowest BCUT2D eigenvalue weighted by Gasteiger charge is -2.15. The van der Waals surface area contributed by atoms with E-state index in [9.17, 15) is 14.4 Å². The van der Waals surface area contributed by atoms with Crippen LogP contribution >= 0.6 is 0 Å². The summed E-state index contributed by atoms with van der Waals surface area (Å²) in [5.41, 5.74) is 2.63. The highest BCUT2D eigenvalue weighted by Gasteiger charge is 2.37. The Labute approximate surface area is 92.9 Å². The Morgan fingerprint density at radius 1 is 1.19 bits per heavy atom. The van der Waals surface area contributed by atoms with Crippen molar-refractivity contribution in [2.24, 2.45) is 0 Å². The Hall–Kier alpha value is -1.97. The summed E-state index contributed by atoms with van der Waals surface area (Å²) in [5, 5.41) is 0. The molecule has 1 aromatic carbocycles. The van der Waals surface area contributed by atoms with E-state index in [1.807, 2.05) is 19.1 Å². The third-order valence-electron chi connectivity index (χ3n) is 2.78. The van der Waals surface area contributed by atoms with Crippen LogP contribution in [0.4, 0.5) is 5.69 Å². The number of fused-ring (bicyclic) bond motifs is 1. The van der Waals surface area contributed by atoms with Crippen LogP contribution in [0.5, 0.6) is 0 Å². The number of aldehydes is 1. The summed E-state index contributed by atoms with van der Waals surface area (Å²) in [7, 11) is 0. The molecule has 82 valence electrons. The summed E-state index contributed by atoms with van der Waals surface area (Å²) in [6, 6.07) is 3.65. The van der Waals surface area contributed by atoms with E-state index in [0.717, 1.165) is 11.1 Å². The van der Waals surface area contributed by atoms with Crippen LogP contribution in [0.1, 0.15) is 21.5 Å². The van der Waals surface area contributed by atoms with Crippen LogP contribution in [-0.4, -0.2) is 24.5 Å². The first kappa shape index (κ1) is 10.5. The molecule has 0 atom stereocenters. The summed E-state index contributed by atoms with van der Waals surface area (Å²) < 4.78 is 0. The van der Waals surface area contributed by atoms with Crippen molar-refractivity contribution < 1.29 is 14.4 Å². The summed E-state index contributed by atoms with van der Waals surface area (Å²) in [5.74, 6) is -1.13. The number of rotatable bonds is 2. The van der Waals surface area contributed by atoms with E-state index in [1.165, 1.54) is 4.90 Å². The lowest BCUT2D eigenvalue weighted by atomic mass is 10.0. The smallest absolute Gasteiger partial charge is 0.299 e. The maximum absolute atomic E-state index is 11.7. The molecule has 4 heteroatoms. The predicted molar refractivity (Wildman–Crippen MR) is 58.7 cm³/mol. The Morgan fingerprint density at radius 2 is 1.81 bits per heavy atom. The number of nitrogens with zero attached hydrogens (tertiary/aromatic N) is 1. The zero-order chi connectivity index (χ0) is 11.9. The molecular formula is C12H11NO3. The van der Waals surface area contributed by atoms with E-state index >= 15 is 0 Å². The molecule has 0 aliphatic carbocycles. The SMILES string of the molecule is Cc1ccc(C)c2c1C(=O)C(=O)N2CC=O. The largest absolute Gasteiger partial charge is 0.301 e. The molecule has 1 aliphatic rings. The predicted octanol–water partition coefficient (Wildman–Crippen LogP) is 1.03. The molecule has 0 bridgehead atoms. The van der Waals surface area contributed by atoms with Crippen LogP contribution in [0.3, 0.4) is 0 Å². The molecule has 0 spiro atoms. The number of anilines is 1. The van der Waals surface area contributed by atoms with Crippen molar-refractivity contribution in [2.45, 2.75) is 13.8 Å². The normalized spacial score (nSPS) is 14.2. The standard InChI is InChI=1S/C12H11NO3/c1-7-3-4-8(2)10-9(7)11(15)12(16)13(10)5-6-14/h3-4,6H,5H2,1-2H3. The number of Topliss-reactive ketones (excluding diaryl/α,β-unsaturated/α-hetero) is 1. The van der Waals surface area contributed by atoms with Gasteiger partial charge in [0.1, 0.15) is 6.29 Å². The second-order valence-electron chi connectivity index (χ2n) is 3.83. The van der Waals surface area contributed by atoms with E-state index < -0.39 is 11.7 Å². The van der Waals surface area contributed by atoms with Gasteiger partial charge in [-0.15, -0.1) is 0 Å². The number of carbonyl (C=O) groups is 3. The highest BCUT2D eigenvalue weighted by atomic mass is 16.2. The van der Waals surface area contributed by atoms with E-state index in [2.05, 4.69) is 0 Å². The molecule has 2 rings (SSSR count). The van der Waals surface area contributed by atoms with Gasteiger partial charge < -0.3 is 4.79 Å². The van der Waals surface area contributed by atoms with Gasteiger partial charge in [0.2, 0.25) is 0 Å². The van der Waals surface area contributed by atoms with Crippen LogP contribution in [0.15, 0.2) is 12.1 Å². The summed E-state index contributed by atoms with van der Waals surface area (Å²) in [6.45, 7) is 3.54. The van der Waals surface area contributed by atoms with Gasteiger partial charge in [-0.1, -0.05) is 12.1 Å². The Bertz CT molecular complexity index is 505. The number of benzene rings is 1. The molecule has 0 N–H and O–H groups in total. The second kappa shape index (κ2) is 3.56. The zero-order valence-electron chi connectivity index (χ0n) is 9.11. The van der Waals surface area contributed by atoms with E-state index in [-0.39, 0.29) is 6.54 Å². The van der Waals surface area contributed by atoms with Gasteiger partial charge in [-0.2, -0.15) is 0 Å². The minimum atomic E-state index is -0.612. The van der Waals surface area contributed by atoms with Crippen molar-refractivity contribution in [1.29, 1.82) is 0 Å². The first-order chi connectivity index (χ1) is 7.57. The third-order valence-corrected chi connectivity index (χ3v) is 2.78. The Balaban J connectivity index is 2.69. The van der Waals surface area contributed by atoms with Crippen LogP contribution in [0.2, 0.25) is 0 Å². The number of ketones is 1. The first-order valence-electron chi connectivity index (χ1n) is 4.98. The van der Waals surface area contributed by atoms with Crippen molar-refractivity contribution in [3.05, 3.63) is 28.8 Å². The fourth-order valence-electron chi connectivity index (χ4n) is 2.01. The highest BCUT2D eigenvalue weighted by molar-refractivity contribution is 6.53. The van der Waals surface area contributed by atoms with Crippen LogP contribution < -0.4 is 4.90 Å². The quantitative estimate of drug-likeness (QED) is 0.549. The topological polar surface area (TPSA) is 54.5 Å².